The van der Waals surface area contributed by atoms with Gasteiger partial charge in [-0.05, 0) is 24.6 Å². The number of para-hydroxylation sites is 1. The smallest absolute Gasteiger partial charge is 0.339 e. The summed E-state index contributed by atoms with van der Waals surface area (Å²) in [6.45, 7) is 2.60. The van der Waals surface area contributed by atoms with Gasteiger partial charge in [0.05, 0.1) is 24.4 Å². The highest BCUT2D eigenvalue weighted by molar-refractivity contribution is 6.34. The molecule has 0 saturated heterocycles. The molecule has 0 heterocycles. The molecule has 0 spiro atoms. The van der Waals surface area contributed by atoms with Crippen molar-refractivity contribution >= 4 is 35.2 Å². The number of benzene rings is 2. The molecule has 0 aliphatic carbocycles. The average Bonchev–Trinajstić information content (AvgIpc) is 2.66. The highest BCUT2D eigenvalue weighted by Crippen LogP contribution is 2.31. The molecule has 2 N–H and O–H groups in total. The van der Waals surface area contributed by atoms with Crippen LogP contribution in [0.5, 0.6) is 11.5 Å². The summed E-state index contributed by atoms with van der Waals surface area (Å²) in [7, 11) is 1.34. The van der Waals surface area contributed by atoms with Gasteiger partial charge in [0, 0.05) is 17.7 Å². The van der Waals surface area contributed by atoms with Crippen LogP contribution in [-0.2, 0) is 4.79 Å². The minimum Gasteiger partial charge on any atom is -0.496 e. The summed E-state index contributed by atoms with van der Waals surface area (Å²) in [4.78, 5) is 23.4. The van der Waals surface area contributed by atoms with E-state index in [1.807, 2.05) is 31.2 Å². The van der Waals surface area contributed by atoms with Crippen molar-refractivity contribution in [3.8, 4) is 11.5 Å². The molecule has 1 amide bonds. The van der Waals surface area contributed by atoms with Gasteiger partial charge in [-0.25, -0.2) is 4.79 Å². The summed E-state index contributed by atoms with van der Waals surface area (Å²) in [5.74, 6) is -0.805. The minimum absolute atomic E-state index is 0.0851. The molecule has 0 unspecified atom stereocenters. The number of nitrogens with one attached hydrogen (secondary N) is 1. The summed E-state index contributed by atoms with van der Waals surface area (Å²) in [5, 5.41) is 11.9. The van der Waals surface area contributed by atoms with Crippen LogP contribution in [0.3, 0.4) is 0 Å². The number of halogens is 1. The fourth-order valence-corrected chi connectivity index (χ4v) is 2.50. The molecule has 0 aliphatic heterocycles. The van der Waals surface area contributed by atoms with Gasteiger partial charge in [-0.2, -0.15) is 0 Å². The van der Waals surface area contributed by atoms with Crippen LogP contribution in [0.15, 0.2) is 42.5 Å². The molecule has 0 atom stereocenters. The third-order valence-corrected chi connectivity index (χ3v) is 3.89. The molecular weight excluding hydrogens is 370 g/mol. The molecule has 0 bridgehead atoms. The van der Waals surface area contributed by atoms with Crippen LogP contribution in [0.2, 0.25) is 5.02 Å². The number of hydrogen-bond donors (Lipinski definition) is 2. The molecule has 2 aromatic carbocycles. The molecule has 0 aromatic heterocycles. The number of anilines is 1. The normalized spacial score (nSPS) is 10.6. The van der Waals surface area contributed by atoms with E-state index in [4.69, 9.17) is 26.2 Å². The fraction of sp³-hybridized carbons (Fsp3) is 0.200. The Balaban J connectivity index is 2.17. The van der Waals surface area contributed by atoms with E-state index in [0.29, 0.717) is 12.4 Å². The molecule has 0 aliphatic rings. The number of carbonyl (C=O) groups excluding carboxylic acids is 1. The van der Waals surface area contributed by atoms with Gasteiger partial charge in [-0.1, -0.05) is 36.7 Å². The molecule has 27 heavy (non-hydrogen) atoms. The molecule has 0 radical (unpaired) electrons. The number of aromatic carboxylic acids is 1. The van der Waals surface area contributed by atoms with Gasteiger partial charge in [0.15, 0.2) is 0 Å². The summed E-state index contributed by atoms with van der Waals surface area (Å²) in [5.41, 5.74) is 0.938. The zero-order valence-corrected chi connectivity index (χ0v) is 15.7. The second kappa shape index (κ2) is 9.64. The van der Waals surface area contributed by atoms with Gasteiger partial charge in [0.25, 0.3) is 0 Å². The first-order valence-corrected chi connectivity index (χ1v) is 8.65. The van der Waals surface area contributed by atoms with Crippen LogP contribution < -0.4 is 14.8 Å². The van der Waals surface area contributed by atoms with Crippen molar-refractivity contribution in [3.05, 3.63) is 58.6 Å². The molecule has 2 aromatic rings. The molecular formula is C20H20ClNO5. The number of methoxy groups -OCH3 is 1. The Morgan fingerprint density at radius 1 is 1.22 bits per heavy atom. The first kappa shape index (κ1) is 20.3. The number of amides is 1. The lowest BCUT2D eigenvalue weighted by Crippen LogP contribution is -2.10. The molecule has 0 saturated carbocycles. The number of carbonyl (C=O) groups is 2. The third-order valence-electron chi connectivity index (χ3n) is 3.57. The van der Waals surface area contributed by atoms with E-state index in [0.717, 1.165) is 12.0 Å². The second-order valence-electron chi connectivity index (χ2n) is 5.55. The van der Waals surface area contributed by atoms with E-state index >= 15 is 0 Å². The summed E-state index contributed by atoms with van der Waals surface area (Å²) < 4.78 is 10.7. The largest absolute Gasteiger partial charge is 0.496 e. The quantitative estimate of drug-likeness (QED) is 0.650. The zero-order chi connectivity index (χ0) is 19.8. The Morgan fingerprint density at radius 2 is 1.96 bits per heavy atom. The standard InChI is InChI=1S/C20H20ClNO5/c1-3-10-27-17-7-5-4-6-13(17)8-9-19(23)22-16-12-18(26-2)14(20(24)25)11-15(16)21/h4-9,11-12H,3,10H2,1-2H3,(H,22,23)(H,24,25)/b9-8+. The molecule has 2 rings (SSSR count). The van der Waals surface area contributed by atoms with Crippen molar-refractivity contribution in [2.45, 2.75) is 13.3 Å². The van der Waals surface area contributed by atoms with Gasteiger partial charge < -0.3 is 19.9 Å². The van der Waals surface area contributed by atoms with Crippen LogP contribution in [-0.4, -0.2) is 30.7 Å². The maximum absolute atomic E-state index is 12.2. The minimum atomic E-state index is -1.17. The van der Waals surface area contributed by atoms with Crippen molar-refractivity contribution in [2.24, 2.45) is 0 Å². The number of rotatable bonds is 8. The van der Waals surface area contributed by atoms with Crippen molar-refractivity contribution in [1.82, 2.24) is 0 Å². The van der Waals surface area contributed by atoms with Gasteiger partial charge in [0.2, 0.25) is 5.91 Å². The highest BCUT2D eigenvalue weighted by atomic mass is 35.5. The topological polar surface area (TPSA) is 84.9 Å². The number of hydrogen-bond acceptors (Lipinski definition) is 4. The SMILES string of the molecule is CCCOc1ccccc1/C=C/C(=O)Nc1cc(OC)c(C(=O)O)cc1Cl. The van der Waals surface area contributed by atoms with E-state index in [2.05, 4.69) is 5.32 Å². The molecule has 7 heteroatoms. The number of carboxylic acid groups (broad SMARTS) is 1. The van der Waals surface area contributed by atoms with Crippen LogP contribution in [0.4, 0.5) is 5.69 Å². The molecule has 6 nitrogen and oxygen atoms in total. The lowest BCUT2D eigenvalue weighted by molar-refractivity contribution is -0.111. The van der Waals surface area contributed by atoms with Gasteiger partial charge in [-0.3, -0.25) is 4.79 Å². The van der Waals surface area contributed by atoms with E-state index in [-0.39, 0.29) is 22.0 Å². The predicted molar refractivity (Wildman–Crippen MR) is 105 cm³/mol. The van der Waals surface area contributed by atoms with E-state index in [1.165, 1.54) is 25.3 Å². The van der Waals surface area contributed by atoms with Gasteiger partial charge in [0.1, 0.15) is 17.1 Å². The van der Waals surface area contributed by atoms with E-state index < -0.39 is 11.9 Å². The lowest BCUT2D eigenvalue weighted by atomic mass is 10.1. The van der Waals surface area contributed by atoms with Crippen molar-refractivity contribution in [2.75, 3.05) is 19.0 Å². The Labute approximate surface area is 162 Å². The van der Waals surface area contributed by atoms with Crippen molar-refractivity contribution in [1.29, 1.82) is 0 Å². The van der Waals surface area contributed by atoms with Crippen LogP contribution in [0.1, 0.15) is 29.3 Å². The van der Waals surface area contributed by atoms with Crippen LogP contribution in [0.25, 0.3) is 6.08 Å². The molecule has 142 valence electrons. The van der Waals surface area contributed by atoms with E-state index in [9.17, 15) is 9.59 Å². The highest BCUT2D eigenvalue weighted by Gasteiger charge is 2.15. The predicted octanol–water partition coefficient (Wildman–Crippen LogP) is 4.49. The summed E-state index contributed by atoms with van der Waals surface area (Å²) >= 11 is 6.07. The average molecular weight is 390 g/mol. The molecule has 0 fully saturated rings. The van der Waals surface area contributed by atoms with Crippen molar-refractivity contribution < 1.29 is 24.2 Å². The first-order valence-electron chi connectivity index (χ1n) is 8.28. The Morgan fingerprint density at radius 3 is 2.63 bits per heavy atom. The number of ether oxygens (including phenoxy) is 2. The first-order chi connectivity index (χ1) is 13.0. The monoisotopic (exact) mass is 389 g/mol. The van der Waals surface area contributed by atoms with Gasteiger partial charge in [-0.15, -0.1) is 0 Å². The van der Waals surface area contributed by atoms with Crippen LogP contribution >= 0.6 is 11.6 Å². The maximum Gasteiger partial charge on any atom is 0.339 e. The maximum atomic E-state index is 12.2. The third kappa shape index (κ3) is 5.49. The van der Waals surface area contributed by atoms with Crippen molar-refractivity contribution in [3.63, 3.8) is 0 Å². The summed E-state index contributed by atoms with van der Waals surface area (Å²) in [6.07, 6.45) is 3.87. The van der Waals surface area contributed by atoms with E-state index in [1.54, 1.807) is 6.08 Å². The Hall–Kier alpha value is -2.99. The van der Waals surface area contributed by atoms with Gasteiger partial charge >= 0.3 is 5.97 Å². The zero-order valence-electron chi connectivity index (χ0n) is 15.0. The fourth-order valence-electron chi connectivity index (χ4n) is 2.29. The summed E-state index contributed by atoms with van der Waals surface area (Å²) in [6, 6.07) is 9.99. The van der Waals surface area contributed by atoms with Crippen LogP contribution in [0, 0.1) is 0 Å². The Bertz CT molecular complexity index is 863. The second-order valence-corrected chi connectivity index (χ2v) is 5.95. The number of carboxylic acids is 1. The lowest BCUT2D eigenvalue weighted by Gasteiger charge is -2.11. The Kier molecular flexibility index (Phi) is 7.25.